The first-order valence-corrected chi connectivity index (χ1v) is 6.02. The molecule has 1 rings (SSSR count). The van der Waals surface area contributed by atoms with E-state index in [-0.39, 0.29) is 32.3 Å². The minimum absolute atomic E-state index is 0.0726. The molecule has 0 aromatic heterocycles. The fourth-order valence-corrected chi connectivity index (χ4v) is 2.11. The van der Waals surface area contributed by atoms with Gasteiger partial charge in [-0.3, -0.25) is 0 Å². The van der Waals surface area contributed by atoms with Gasteiger partial charge in [0.1, 0.15) is 0 Å². The average molecular weight is 230 g/mol. The fraction of sp³-hybridized carbons (Fsp3) is 0.909. The van der Waals surface area contributed by atoms with Crippen molar-refractivity contribution >= 4 is 6.03 Å². The molecule has 5 nitrogen and oxygen atoms in total. The van der Waals surface area contributed by atoms with Gasteiger partial charge in [-0.15, -0.1) is 0 Å². The predicted molar refractivity (Wildman–Crippen MR) is 61.1 cm³/mol. The molecule has 5 heteroatoms. The van der Waals surface area contributed by atoms with Crippen LogP contribution in [0.15, 0.2) is 0 Å². The lowest BCUT2D eigenvalue weighted by Crippen LogP contribution is -2.44. The molecule has 16 heavy (non-hydrogen) atoms. The molecule has 0 unspecified atom stereocenters. The van der Waals surface area contributed by atoms with Crippen LogP contribution in [0.25, 0.3) is 0 Å². The van der Waals surface area contributed by atoms with Crippen LogP contribution in [0.3, 0.4) is 0 Å². The van der Waals surface area contributed by atoms with Gasteiger partial charge in [0, 0.05) is 19.6 Å². The summed E-state index contributed by atoms with van der Waals surface area (Å²) in [5.41, 5.74) is 0. The third-order valence-electron chi connectivity index (χ3n) is 3.04. The molecule has 0 aromatic rings. The highest BCUT2D eigenvalue weighted by molar-refractivity contribution is 5.74. The molecule has 2 amide bonds. The molecular weight excluding hydrogens is 208 g/mol. The normalized spacial score (nSPS) is 16.4. The summed E-state index contributed by atoms with van der Waals surface area (Å²) >= 11 is 0. The van der Waals surface area contributed by atoms with Gasteiger partial charge in [0.25, 0.3) is 0 Å². The number of rotatable bonds is 6. The van der Waals surface area contributed by atoms with Crippen molar-refractivity contribution in [3.63, 3.8) is 0 Å². The summed E-state index contributed by atoms with van der Waals surface area (Å²) in [5.74, 6) is 0.606. The van der Waals surface area contributed by atoms with Crippen LogP contribution in [0.2, 0.25) is 0 Å². The van der Waals surface area contributed by atoms with E-state index in [2.05, 4.69) is 5.32 Å². The van der Waals surface area contributed by atoms with Crippen molar-refractivity contribution in [2.45, 2.75) is 25.7 Å². The van der Waals surface area contributed by atoms with E-state index in [9.17, 15) is 4.79 Å². The Bertz CT molecular complexity index is 199. The Morgan fingerprint density at radius 3 is 2.25 bits per heavy atom. The third-order valence-corrected chi connectivity index (χ3v) is 3.04. The molecule has 0 bridgehead atoms. The maximum atomic E-state index is 11.7. The van der Waals surface area contributed by atoms with Gasteiger partial charge in [-0.05, 0) is 18.8 Å². The molecule has 1 aliphatic rings. The van der Waals surface area contributed by atoms with E-state index < -0.39 is 0 Å². The van der Waals surface area contributed by atoms with Gasteiger partial charge in [-0.2, -0.15) is 0 Å². The summed E-state index contributed by atoms with van der Waals surface area (Å²) in [6.07, 6.45) is 4.91. The molecule has 0 aliphatic heterocycles. The van der Waals surface area contributed by atoms with Gasteiger partial charge in [-0.25, -0.2) is 4.79 Å². The van der Waals surface area contributed by atoms with E-state index in [4.69, 9.17) is 10.2 Å². The van der Waals surface area contributed by atoms with E-state index in [1.54, 1.807) is 0 Å². The Morgan fingerprint density at radius 2 is 1.75 bits per heavy atom. The number of aliphatic hydroxyl groups excluding tert-OH is 2. The molecule has 0 radical (unpaired) electrons. The van der Waals surface area contributed by atoms with E-state index in [0.717, 1.165) is 0 Å². The molecule has 0 heterocycles. The summed E-state index contributed by atoms with van der Waals surface area (Å²) in [6.45, 7) is 1.12. The molecule has 0 atom stereocenters. The van der Waals surface area contributed by atoms with Crippen molar-refractivity contribution in [1.82, 2.24) is 10.2 Å². The Hall–Kier alpha value is -0.810. The van der Waals surface area contributed by atoms with Crippen molar-refractivity contribution < 1.29 is 15.0 Å². The average Bonchev–Trinajstić information content (AvgIpc) is 2.78. The first-order valence-electron chi connectivity index (χ1n) is 6.02. The first kappa shape index (κ1) is 13.3. The first-order chi connectivity index (χ1) is 7.77. The minimum atomic E-state index is -0.185. The van der Waals surface area contributed by atoms with Gasteiger partial charge < -0.3 is 20.4 Å². The van der Waals surface area contributed by atoms with Crippen LogP contribution in [0.1, 0.15) is 25.7 Å². The Labute approximate surface area is 96.4 Å². The van der Waals surface area contributed by atoms with Crippen LogP contribution < -0.4 is 5.32 Å². The highest BCUT2D eigenvalue weighted by atomic mass is 16.3. The van der Waals surface area contributed by atoms with E-state index in [0.29, 0.717) is 12.5 Å². The van der Waals surface area contributed by atoms with E-state index in [1.165, 1.54) is 30.6 Å². The number of urea groups is 1. The highest BCUT2D eigenvalue weighted by Crippen LogP contribution is 2.23. The molecule has 0 spiro atoms. The Balaban J connectivity index is 2.24. The van der Waals surface area contributed by atoms with Gasteiger partial charge in [0.2, 0.25) is 0 Å². The van der Waals surface area contributed by atoms with Crippen molar-refractivity contribution in [2.75, 3.05) is 32.8 Å². The van der Waals surface area contributed by atoms with Crippen molar-refractivity contribution in [2.24, 2.45) is 5.92 Å². The number of carbonyl (C=O) groups is 1. The quantitative estimate of drug-likeness (QED) is 0.609. The fourth-order valence-electron chi connectivity index (χ4n) is 2.11. The topological polar surface area (TPSA) is 72.8 Å². The van der Waals surface area contributed by atoms with Gasteiger partial charge in [0.05, 0.1) is 13.2 Å². The number of carbonyl (C=O) groups excluding carboxylic acids is 1. The smallest absolute Gasteiger partial charge is 0.317 e. The zero-order valence-corrected chi connectivity index (χ0v) is 9.69. The molecule has 1 saturated carbocycles. The van der Waals surface area contributed by atoms with E-state index >= 15 is 0 Å². The van der Waals surface area contributed by atoms with Crippen molar-refractivity contribution in [3.05, 3.63) is 0 Å². The lowest BCUT2D eigenvalue weighted by Gasteiger charge is -2.22. The van der Waals surface area contributed by atoms with Crippen LogP contribution in [-0.4, -0.2) is 54.0 Å². The SMILES string of the molecule is O=C(NCC1CCCC1)N(CCO)CCO. The van der Waals surface area contributed by atoms with Gasteiger partial charge in [-0.1, -0.05) is 12.8 Å². The summed E-state index contributed by atoms with van der Waals surface area (Å²) in [6, 6.07) is -0.185. The van der Waals surface area contributed by atoms with Crippen LogP contribution >= 0.6 is 0 Å². The van der Waals surface area contributed by atoms with Crippen LogP contribution in [0.4, 0.5) is 4.79 Å². The third kappa shape index (κ3) is 4.37. The summed E-state index contributed by atoms with van der Waals surface area (Å²) in [7, 11) is 0. The number of aliphatic hydroxyl groups is 2. The Kier molecular flexibility index (Phi) is 6.18. The standard InChI is InChI=1S/C11H22N2O3/c14-7-5-13(6-8-15)11(16)12-9-10-3-1-2-4-10/h10,14-15H,1-9H2,(H,12,16). The molecule has 94 valence electrons. The molecular formula is C11H22N2O3. The largest absolute Gasteiger partial charge is 0.395 e. The molecule has 0 saturated heterocycles. The molecule has 1 fully saturated rings. The van der Waals surface area contributed by atoms with Crippen LogP contribution in [-0.2, 0) is 0 Å². The van der Waals surface area contributed by atoms with E-state index in [1.807, 2.05) is 0 Å². The number of amides is 2. The number of nitrogens with one attached hydrogen (secondary N) is 1. The van der Waals surface area contributed by atoms with Crippen molar-refractivity contribution in [3.8, 4) is 0 Å². The van der Waals surface area contributed by atoms with Gasteiger partial charge >= 0.3 is 6.03 Å². The zero-order valence-electron chi connectivity index (χ0n) is 9.69. The summed E-state index contributed by atoms with van der Waals surface area (Å²) in [5, 5.41) is 20.4. The second-order valence-corrected chi connectivity index (χ2v) is 4.27. The minimum Gasteiger partial charge on any atom is -0.395 e. The zero-order chi connectivity index (χ0) is 11.8. The maximum absolute atomic E-state index is 11.7. The van der Waals surface area contributed by atoms with Gasteiger partial charge in [0.15, 0.2) is 0 Å². The lowest BCUT2D eigenvalue weighted by molar-refractivity contribution is 0.157. The van der Waals surface area contributed by atoms with Crippen LogP contribution in [0, 0.1) is 5.92 Å². The van der Waals surface area contributed by atoms with Crippen molar-refractivity contribution in [1.29, 1.82) is 0 Å². The molecule has 1 aliphatic carbocycles. The summed E-state index contributed by atoms with van der Waals surface area (Å²) in [4.78, 5) is 13.1. The Morgan fingerprint density at radius 1 is 1.19 bits per heavy atom. The number of hydrogen-bond acceptors (Lipinski definition) is 3. The highest BCUT2D eigenvalue weighted by Gasteiger charge is 2.17. The maximum Gasteiger partial charge on any atom is 0.317 e. The predicted octanol–water partition coefficient (Wildman–Crippen LogP) is 0.173. The molecule has 3 N–H and O–H groups in total. The lowest BCUT2D eigenvalue weighted by atomic mass is 10.1. The molecule has 0 aromatic carbocycles. The number of nitrogens with zero attached hydrogens (tertiary/aromatic N) is 1. The van der Waals surface area contributed by atoms with Crippen LogP contribution in [0.5, 0.6) is 0 Å². The summed E-state index contributed by atoms with van der Waals surface area (Å²) < 4.78 is 0. The second-order valence-electron chi connectivity index (χ2n) is 4.27. The monoisotopic (exact) mass is 230 g/mol. The number of hydrogen-bond donors (Lipinski definition) is 3. The second kappa shape index (κ2) is 7.46.